The highest BCUT2D eigenvalue weighted by atomic mass is 28.4. The zero-order valence-electron chi connectivity index (χ0n) is 11.5. The van der Waals surface area contributed by atoms with Crippen LogP contribution in [0.15, 0.2) is 11.8 Å². The molecule has 0 aromatic rings. The van der Waals surface area contributed by atoms with Crippen molar-refractivity contribution < 1.29 is 14.0 Å². The second-order valence-electron chi connectivity index (χ2n) is 5.61. The number of ether oxygens (including phenoxy) is 1. The summed E-state index contributed by atoms with van der Waals surface area (Å²) >= 11 is 0. The smallest absolute Gasteiger partial charge is 0.311 e. The molecule has 0 atom stereocenters. The van der Waals surface area contributed by atoms with Crippen LogP contribution in [0.5, 0.6) is 0 Å². The lowest BCUT2D eigenvalue weighted by molar-refractivity contribution is -0.150. The molecule has 0 amide bonds. The Hall–Kier alpha value is -0.773. The fraction of sp³-hybridized carbons (Fsp3) is 0.750. The molecule has 0 aliphatic carbocycles. The summed E-state index contributed by atoms with van der Waals surface area (Å²) in [6, 6.07) is 0. The Morgan fingerprint density at radius 2 is 1.81 bits per heavy atom. The number of hydrogen-bond donors (Lipinski definition) is 0. The molecule has 0 saturated heterocycles. The van der Waals surface area contributed by atoms with Gasteiger partial charge in [0, 0.05) is 0 Å². The molecule has 0 aliphatic rings. The van der Waals surface area contributed by atoms with Gasteiger partial charge in [-0.1, -0.05) is 0 Å². The molecule has 0 spiro atoms. The Bertz CT molecular complexity index is 274. The molecule has 16 heavy (non-hydrogen) atoms. The third-order valence-electron chi connectivity index (χ3n) is 2.10. The molecule has 0 N–H and O–H groups in total. The zero-order valence-corrected chi connectivity index (χ0v) is 12.5. The van der Waals surface area contributed by atoms with Crippen molar-refractivity contribution in [2.45, 2.75) is 46.8 Å². The van der Waals surface area contributed by atoms with Crippen molar-refractivity contribution in [3.63, 3.8) is 0 Å². The van der Waals surface area contributed by atoms with Crippen molar-refractivity contribution in [1.29, 1.82) is 0 Å². The predicted octanol–water partition coefficient (Wildman–Crippen LogP) is 3.33. The van der Waals surface area contributed by atoms with E-state index in [9.17, 15) is 4.79 Å². The van der Waals surface area contributed by atoms with Crippen LogP contribution in [-0.2, 0) is 14.0 Å². The van der Waals surface area contributed by atoms with Crippen molar-refractivity contribution >= 4 is 14.3 Å². The van der Waals surface area contributed by atoms with Crippen LogP contribution in [0.3, 0.4) is 0 Å². The molecular formula is C12H24O3Si. The van der Waals surface area contributed by atoms with Gasteiger partial charge in [-0.15, -0.1) is 0 Å². The number of allylic oxidation sites excluding steroid dienone is 2. The quantitative estimate of drug-likeness (QED) is 0.423. The second kappa shape index (κ2) is 5.52. The fourth-order valence-corrected chi connectivity index (χ4v) is 2.33. The molecule has 4 heteroatoms. The normalized spacial score (nSPS) is 13.6. The maximum absolute atomic E-state index is 11.4. The van der Waals surface area contributed by atoms with E-state index in [2.05, 4.69) is 19.6 Å². The Balaban J connectivity index is 4.42. The van der Waals surface area contributed by atoms with Crippen molar-refractivity contribution in [3.8, 4) is 0 Å². The summed E-state index contributed by atoms with van der Waals surface area (Å²) in [6.45, 7) is 12.1. The fourth-order valence-electron chi connectivity index (χ4n) is 1.28. The molecule has 0 saturated carbocycles. The van der Waals surface area contributed by atoms with Gasteiger partial charge in [-0.2, -0.15) is 0 Å². The van der Waals surface area contributed by atoms with Crippen LogP contribution in [0.25, 0.3) is 0 Å². The lowest BCUT2D eigenvalue weighted by atomic mass is 9.89. The minimum atomic E-state index is -1.54. The molecule has 0 rings (SSSR count). The van der Waals surface area contributed by atoms with E-state index in [-0.39, 0.29) is 5.97 Å². The number of methoxy groups -OCH3 is 1. The molecule has 0 fully saturated rings. The van der Waals surface area contributed by atoms with Gasteiger partial charge in [-0.05, 0) is 52.9 Å². The van der Waals surface area contributed by atoms with Gasteiger partial charge in [0.05, 0.1) is 18.3 Å². The molecule has 3 nitrogen and oxygen atoms in total. The van der Waals surface area contributed by atoms with Gasteiger partial charge in [0.15, 0.2) is 0 Å². The van der Waals surface area contributed by atoms with Gasteiger partial charge in [-0.3, -0.25) is 4.79 Å². The maximum atomic E-state index is 11.4. The highest BCUT2D eigenvalue weighted by molar-refractivity contribution is 6.70. The van der Waals surface area contributed by atoms with E-state index in [1.807, 2.05) is 26.8 Å². The minimum absolute atomic E-state index is 0.190. The van der Waals surface area contributed by atoms with Crippen molar-refractivity contribution in [3.05, 3.63) is 11.8 Å². The van der Waals surface area contributed by atoms with Crippen molar-refractivity contribution in [1.82, 2.24) is 0 Å². The van der Waals surface area contributed by atoms with Gasteiger partial charge in [0.25, 0.3) is 0 Å². The summed E-state index contributed by atoms with van der Waals surface area (Å²) in [6.07, 6.45) is 2.60. The van der Waals surface area contributed by atoms with Gasteiger partial charge in [-0.25, -0.2) is 0 Å². The molecule has 0 aromatic heterocycles. The summed E-state index contributed by atoms with van der Waals surface area (Å²) in [7, 11) is -0.121. The largest absolute Gasteiger partial charge is 0.548 e. The van der Waals surface area contributed by atoms with E-state index in [1.165, 1.54) is 7.11 Å². The zero-order chi connectivity index (χ0) is 13.0. The van der Waals surface area contributed by atoms with Crippen LogP contribution >= 0.6 is 0 Å². The molecule has 0 aromatic carbocycles. The van der Waals surface area contributed by atoms with Crippen molar-refractivity contribution in [2.24, 2.45) is 5.41 Å². The molecular weight excluding hydrogens is 220 g/mol. The maximum Gasteiger partial charge on any atom is 0.311 e. The summed E-state index contributed by atoms with van der Waals surface area (Å²) in [5, 5.41) is 0. The molecule has 94 valence electrons. The standard InChI is InChI=1S/C12H24O3Si/c1-10(15-16(5,6)7)8-9-12(2,3)11(13)14-4/h8H,9H2,1-7H3/b10-8-. The first-order valence-electron chi connectivity index (χ1n) is 5.53. The number of hydrogen-bond acceptors (Lipinski definition) is 3. The number of carbonyl (C=O) groups is 1. The Morgan fingerprint density at radius 3 is 2.19 bits per heavy atom. The monoisotopic (exact) mass is 244 g/mol. The van der Waals surface area contributed by atoms with E-state index >= 15 is 0 Å². The Labute approximate surface area is 100.0 Å². The molecule has 0 radical (unpaired) electrons. The summed E-state index contributed by atoms with van der Waals surface area (Å²) in [5.74, 6) is 0.709. The van der Waals surface area contributed by atoms with E-state index < -0.39 is 13.7 Å². The van der Waals surface area contributed by atoms with Gasteiger partial charge in [0.1, 0.15) is 0 Å². The van der Waals surface area contributed by atoms with Crippen molar-refractivity contribution in [2.75, 3.05) is 7.11 Å². The summed E-state index contributed by atoms with van der Waals surface area (Å²) < 4.78 is 10.5. The first-order valence-corrected chi connectivity index (χ1v) is 8.93. The van der Waals surface area contributed by atoms with E-state index in [0.29, 0.717) is 6.42 Å². The van der Waals surface area contributed by atoms with Gasteiger partial charge < -0.3 is 9.16 Å². The molecule has 0 bridgehead atoms. The topological polar surface area (TPSA) is 35.5 Å². The first kappa shape index (κ1) is 15.2. The average Bonchev–Trinajstić information content (AvgIpc) is 2.11. The average molecular weight is 244 g/mol. The number of esters is 1. The highest BCUT2D eigenvalue weighted by Crippen LogP contribution is 2.24. The third kappa shape index (κ3) is 5.95. The lowest BCUT2D eigenvalue weighted by Gasteiger charge is -2.22. The predicted molar refractivity (Wildman–Crippen MR) is 68.6 cm³/mol. The first-order chi connectivity index (χ1) is 7.08. The lowest BCUT2D eigenvalue weighted by Crippen LogP contribution is -2.26. The van der Waals surface area contributed by atoms with E-state index in [0.717, 1.165) is 5.76 Å². The number of carbonyl (C=O) groups excluding carboxylic acids is 1. The SMILES string of the molecule is COC(=O)C(C)(C)C/C=C(/C)O[Si](C)(C)C. The second-order valence-corrected chi connectivity index (χ2v) is 10.0. The highest BCUT2D eigenvalue weighted by Gasteiger charge is 2.27. The Morgan fingerprint density at radius 1 is 1.31 bits per heavy atom. The van der Waals surface area contributed by atoms with Gasteiger partial charge >= 0.3 is 5.97 Å². The molecule has 0 aliphatic heterocycles. The van der Waals surface area contributed by atoms with Crippen LogP contribution in [0, 0.1) is 5.41 Å². The summed E-state index contributed by atoms with van der Waals surface area (Å²) in [4.78, 5) is 11.4. The van der Waals surface area contributed by atoms with Crippen LogP contribution in [-0.4, -0.2) is 21.4 Å². The molecule has 0 unspecified atom stereocenters. The van der Waals surface area contributed by atoms with Crippen LogP contribution < -0.4 is 0 Å². The van der Waals surface area contributed by atoms with E-state index in [1.54, 1.807) is 0 Å². The molecule has 0 heterocycles. The van der Waals surface area contributed by atoms with Crippen LogP contribution in [0.2, 0.25) is 19.6 Å². The summed E-state index contributed by atoms with van der Waals surface area (Å²) in [5.41, 5.74) is -0.487. The Kier molecular flexibility index (Phi) is 5.26. The van der Waals surface area contributed by atoms with E-state index in [4.69, 9.17) is 9.16 Å². The number of rotatable bonds is 5. The third-order valence-corrected chi connectivity index (χ3v) is 3.04. The van der Waals surface area contributed by atoms with Gasteiger partial charge in [0.2, 0.25) is 8.32 Å². The van der Waals surface area contributed by atoms with Crippen LogP contribution in [0.4, 0.5) is 0 Å². The van der Waals surface area contributed by atoms with Crippen LogP contribution in [0.1, 0.15) is 27.2 Å². The minimum Gasteiger partial charge on any atom is -0.548 e.